The normalized spacial score (nSPS) is 27.0. The topological polar surface area (TPSA) is 24.5 Å². The van der Waals surface area contributed by atoms with E-state index in [-0.39, 0.29) is 11.2 Å². The van der Waals surface area contributed by atoms with Crippen LogP contribution in [0.15, 0.2) is 24.3 Å². The van der Waals surface area contributed by atoms with E-state index in [1.54, 1.807) is 0 Å². The Labute approximate surface area is 128 Å². The van der Waals surface area contributed by atoms with Crippen LogP contribution in [0.1, 0.15) is 47.0 Å². The third kappa shape index (κ3) is 3.18. The maximum absolute atomic E-state index is 6.18. The molecule has 0 aliphatic carbocycles. The number of hydrogen-bond acceptors (Lipinski definition) is 3. The van der Waals surface area contributed by atoms with Crippen LogP contribution in [0.2, 0.25) is 0 Å². The summed E-state index contributed by atoms with van der Waals surface area (Å²) < 4.78 is 6.18. The van der Waals surface area contributed by atoms with E-state index in [9.17, 15) is 0 Å². The van der Waals surface area contributed by atoms with Crippen molar-refractivity contribution in [2.45, 2.75) is 64.2 Å². The van der Waals surface area contributed by atoms with E-state index in [0.717, 1.165) is 6.42 Å². The van der Waals surface area contributed by atoms with E-state index < -0.39 is 0 Å². The number of rotatable bonds is 3. The molecule has 0 bridgehead atoms. The Morgan fingerprint density at radius 1 is 1.14 bits per heavy atom. The first-order valence-electron chi connectivity index (χ1n) is 8.17. The van der Waals surface area contributed by atoms with Crippen molar-refractivity contribution in [1.29, 1.82) is 0 Å². The third-order valence-corrected chi connectivity index (χ3v) is 4.73. The van der Waals surface area contributed by atoms with Crippen LogP contribution in [0.4, 0.5) is 11.4 Å². The Bertz CT molecular complexity index is 504. The molecule has 3 nitrogen and oxygen atoms in total. The standard InChI is InChI=1S/C18H28N2O/c1-17(2)13-16(18(3,4)21-17)19-14-8-7-9-15(12-14)20-10-5-6-11-20/h7-9,12,16,19H,5-6,10-11,13H2,1-4H3. The fraction of sp³-hybridized carbons (Fsp3) is 0.667. The summed E-state index contributed by atoms with van der Waals surface area (Å²) in [4.78, 5) is 2.48. The highest BCUT2D eigenvalue weighted by Gasteiger charge is 2.45. The van der Waals surface area contributed by atoms with Gasteiger partial charge in [0.25, 0.3) is 0 Å². The lowest BCUT2D eigenvalue weighted by Gasteiger charge is -2.28. The van der Waals surface area contributed by atoms with Gasteiger partial charge in [0.1, 0.15) is 0 Å². The summed E-state index contributed by atoms with van der Waals surface area (Å²) in [6.45, 7) is 11.1. The van der Waals surface area contributed by atoms with E-state index in [2.05, 4.69) is 62.2 Å². The molecule has 1 unspecified atom stereocenters. The average molecular weight is 288 g/mol. The quantitative estimate of drug-likeness (QED) is 0.908. The summed E-state index contributed by atoms with van der Waals surface area (Å²) in [5.41, 5.74) is 2.37. The van der Waals surface area contributed by atoms with E-state index in [0.29, 0.717) is 6.04 Å². The fourth-order valence-corrected chi connectivity index (χ4v) is 3.76. The molecule has 0 aromatic heterocycles. The number of ether oxygens (including phenoxy) is 1. The summed E-state index contributed by atoms with van der Waals surface area (Å²) in [7, 11) is 0. The number of anilines is 2. The summed E-state index contributed by atoms with van der Waals surface area (Å²) >= 11 is 0. The van der Waals surface area contributed by atoms with Crippen LogP contribution in [0.5, 0.6) is 0 Å². The van der Waals surface area contributed by atoms with Crippen LogP contribution >= 0.6 is 0 Å². The SMILES string of the molecule is CC1(C)CC(Nc2cccc(N3CCCC3)c2)C(C)(C)O1. The zero-order valence-electron chi connectivity index (χ0n) is 13.8. The minimum absolute atomic E-state index is 0.0479. The zero-order chi connectivity index (χ0) is 15.1. The molecule has 2 fully saturated rings. The molecule has 116 valence electrons. The molecule has 2 aliphatic heterocycles. The number of hydrogen-bond donors (Lipinski definition) is 1. The molecule has 3 heteroatoms. The second kappa shape index (κ2) is 5.20. The molecule has 0 radical (unpaired) electrons. The number of nitrogens with zero attached hydrogens (tertiary/aromatic N) is 1. The first-order chi connectivity index (χ1) is 9.86. The molecular formula is C18H28N2O. The summed E-state index contributed by atoms with van der Waals surface area (Å²) in [5.74, 6) is 0. The Hall–Kier alpha value is -1.22. The molecule has 2 heterocycles. The molecule has 1 N–H and O–H groups in total. The van der Waals surface area contributed by atoms with Gasteiger partial charge in [0.05, 0.1) is 17.2 Å². The molecule has 0 amide bonds. The Kier molecular flexibility index (Phi) is 3.64. The van der Waals surface area contributed by atoms with Crippen molar-refractivity contribution in [2.75, 3.05) is 23.3 Å². The van der Waals surface area contributed by atoms with E-state index in [4.69, 9.17) is 4.74 Å². The van der Waals surface area contributed by atoms with Gasteiger partial charge in [-0.15, -0.1) is 0 Å². The molecular weight excluding hydrogens is 260 g/mol. The van der Waals surface area contributed by atoms with Crippen molar-refractivity contribution in [3.63, 3.8) is 0 Å². The maximum atomic E-state index is 6.18. The van der Waals surface area contributed by atoms with Gasteiger partial charge in [-0.25, -0.2) is 0 Å². The van der Waals surface area contributed by atoms with Crippen LogP contribution in [0.25, 0.3) is 0 Å². The van der Waals surface area contributed by atoms with E-state index in [1.807, 2.05) is 0 Å². The molecule has 3 rings (SSSR count). The maximum Gasteiger partial charge on any atom is 0.0834 e. The fourth-order valence-electron chi connectivity index (χ4n) is 3.76. The highest BCUT2D eigenvalue weighted by atomic mass is 16.5. The second-order valence-electron chi connectivity index (χ2n) is 7.61. The Balaban J connectivity index is 1.74. The summed E-state index contributed by atoms with van der Waals surface area (Å²) in [6.07, 6.45) is 3.67. The number of benzene rings is 1. The van der Waals surface area contributed by atoms with E-state index >= 15 is 0 Å². The second-order valence-corrected chi connectivity index (χ2v) is 7.61. The lowest BCUT2D eigenvalue weighted by Crippen LogP contribution is -2.38. The zero-order valence-corrected chi connectivity index (χ0v) is 13.8. The van der Waals surface area contributed by atoms with Crippen LogP contribution in [0.3, 0.4) is 0 Å². The third-order valence-electron chi connectivity index (χ3n) is 4.73. The van der Waals surface area contributed by atoms with Gasteiger partial charge in [0, 0.05) is 24.5 Å². The van der Waals surface area contributed by atoms with Gasteiger partial charge in [-0.05, 0) is 65.2 Å². The minimum Gasteiger partial charge on any atom is -0.379 e. The highest BCUT2D eigenvalue weighted by molar-refractivity contribution is 5.59. The molecule has 1 aromatic rings. The van der Waals surface area contributed by atoms with Crippen LogP contribution < -0.4 is 10.2 Å². The minimum atomic E-state index is -0.132. The van der Waals surface area contributed by atoms with Crippen molar-refractivity contribution in [3.8, 4) is 0 Å². The van der Waals surface area contributed by atoms with Gasteiger partial charge < -0.3 is 15.0 Å². The van der Waals surface area contributed by atoms with Crippen LogP contribution in [-0.4, -0.2) is 30.3 Å². The Morgan fingerprint density at radius 2 is 1.86 bits per heavy atom. The van der Waals surface area contributed by atoms with Crippen molar-refractivity contribution in [3.05, 3.63) is 24.3 Å². The van der Waals surface area contributed by atoms with Gasteiger partial charge in [-0.1, -0.05) is 6.07 Å². The first-order valence-corrected chi connectivity index (χ1v) is 8.17. The molecule has 1 atom stereocenters. The highest BCUT2D eigenvalue weighted by Crippen LogP contribution is 2.39. The van der Waals surface area contributed by atoms with E-state index in [1.165, 1.54) is 37.3 Å². The molecule has 0 spiro atoms. The van der Waals surface area contributed by atoms with Gasteiger partial charge in [-0.3, -0.25) is 0 Å². The van der Waals surface area contributed by atoms with Gasteiger partial charge in [-0.2, -0.15) is 0 Å². The van der Waals surface area contributed by atoms with Crippen molar-refractivity contribution in [2.24, 2.45) is 0 Å². The summed E-state index contributed by atoms with van der Waals surface area (Å²) in [5, 5.41) is 3.70. The molecule has 2 saturated heterocycles. The van der Waals surface area contributed by atoms with Crippen LogP contribution in [0, 0.1) is 0 Å². The molecule has 2 aliphatic rings. The average Bonchev–Trinajstić information content (AvgIpc) is 2.96. The Morgan fingerprint density at radius 3 is 2.48 bits per heavy atom. The summed E-state index contributed by atoms with van der Waals surface area (Å²) in [6, 6.07) is 9.18. The largest absolute Gasteiger partial charge is 0.379 e. The number of nitrogens with one attached hydrogen (secondary N) is 1. The van der Waals surface area contributed by atoms with Crippen molar-refractivity contribution in [1.82, 2.24) is 0 Å². The van der Waals surface area contributed by atoms with Gasteiger partial charge >= 0.3 is 0 Å². The first kappa shape index (κ1) is 14.7. The monoisotopic (exact) mass is 288 g/mol. The van der Waals surface area contributed by atoms with Crippen LogP contribution in [-0.2, 0) is 4.74 Å². The predicted octanol–water partition coefficient (Wildman–Crippen LogP) is 4.04. The lowest BCUT2D eigenvalue weighted by atomic mass is 9.94. The molecule has 0 saturated carbocycles. The predicted molar refractivity (Wildman–Crippen MR) is 89.2 cm³/mol. The lowest BCUT2D eigenvalue weighted by molar-refractivity contribution is -0.0662. The van der Waals surface area contributed by atoms with Crippen molar-refractivity contribution >= 4 is 11.4 Å². The van der Waals surface area contributed by atoms with Crippen molar-refractivity contribution < 1.29 is 4.74 Å². The molecule has 21 heavy (non-hydrogen) atoms. The van der Waals surface area contributed by atoms with Gasteiger partial charge in [0.2, 0.25) is 0 Å². The molecule has 1 aromatic carbocycles. The van der Waals surface area contributed by atoms with Gasteiger partial charge in [0.15, 0.2) is 0 Å². The smallest absolute Gasteiger partial charge is 0.0834 e.